The molecule has 4 aromatic rings. The summed E-state index contributed by atoms with van der Waals surface area (Å²) in [7, 11) is 0. The van der Waals surface area contributed by atoms with Crippen molar-refractivity contribution in [1.82, 2.24) is 0 Å². The number of allylic oxidation sites excluding steroid dienone is 3. The molecule has 3 aromatic carbocycles. The summed E-state index contributed by atoms with van der Waals surface area (Å²) < 4.78 is 0. The van der Waals surface area contributed by atoms with Crippen LogP contribution in [0.15, 0.2) is 108 Å². The average Bonchev–Trinajstić information content (AvgIpc) is 3.32. The fourth-order valence-corrected chi connectivity index (χ4v) is 6.67. The summed E-state index contributed by atoms with van der Waals surface area (Å²) >= 11 is 1.84. The van der Waals surface area contributed by atoms with Crippen molar-refractivity contribution in [3.8, 4) is 0 Å². The van der Waals surface area contributed by atoms with Crippen LogP contribution >= 0.6 is 11.3 Å². The van der Waals surface area contributed by atoms with Crippen molar-refractivity contribution in [1.29, 1.82) is 0 Å². The smallest absolute Gasteiger partial charge is 0.0836 e. The topological polar surface area (TPSA) is 15.3 Å². The van der Waals surface area contributed by atoms with E-state index in [1.807, 2.05) is 11.3 Å². The second-order valence-corrected chi connectivity index (χ2v) is 9.70. The molecule has 6 rings (SSSR count). The lowest BCUT2D eigenvalue weighted by Gasteiger charge is -2.48. The van der Waals surface area contributed by atoms with Crippen LogP contribution in [-0.4, -0.2) is 0 Å². The standard InChI is InChI=1S/C30H26N2S/c1-4-9-27-21(3)30(23-10-5-7-12-25(23)31-26-18-19-33-29(26)30)24-11-6-8-13-28(24)32(27)22-16-14-20(2)15-17-22/h4-19,31H,1-3H3/b9-4-. The molecular formula is C30H26N2S. The average molecular weight is 447 g/mol. The van der Waals surface area contributed by atoms with Crippen LogP contribution in [-0.2, 0) is 5.41 Å². The number of anilines is 4. The summed E-state index contributed by atoms with van der Waals surface area (Å²) in [6, 6.07) is 28.8. The highest BCUT2D eigenvalue weighted by atomic mass is 32.1. The number of fused-ring (bicyclic) bond motifs is 6. The third-order valence-electron chi connectivity index (χ3n) is 6.96. The van der Waals surface area contributed by atoms with E-state index < -0.39 is 0 Å². The van der Waals surface area contributed by atoms with Gasteiger partial charge in [0.15, 0.2) is 0 Å². The predicted molar refractivity (Wildman–Crippen MR) is 141 cm³/mol. The van der Waals surface area contributed by atoms with Gasteiger partial charge in [-0.15, -0.1) is 11.3 Å². The van der Waals surface area contributed by atoms with E-state index >= 15 is 0 Å². The molecule has 0 aliphatic carbocycles. The van der Waals surface area contributed by atoms with E-state index in [4.69, 9.17) is 0 Å². The van der Waals surface area contributed by atoms with Crippen LogP contribution < -0.4 is 10.2 Å². The molecule has 0 saturated carbocycles. The Bertz CT molecular complexity index is 1420. The number of thiophene rings is 1. The molecule has 1 N–H and O–H groups in total. The van der Waals surface area contributed by atoms with Gasteiger partial charge in [0.05, 0.1) is 16.8 Å². The van der Waals surface area contributed by atoms with E-state index in [2.05, 4.69) is 127 Å². The van der Waals surface area contributed by atoms with Crippen LogP contribution in [0.5, 0.6) is 0 Å². The maximum atomic E-state index is 3.70. The molecule has 2 aliphatic heterocycles. The lowest BCUT2D eigenvalue weighted by molar-refractivity contribution is 0.709. The van der Waals surface area contributed by atoms with Gasteiger partial charge in [-0.25, -0.2) is 0 Å². The molecule has 0 radical (unpaired) electrons. The number of hydrogen-bond donors (Lipinski definition) is 1. The molecular weight excluding hydrogens is 420 g/mol. The Labute approximate surface area is 199 Å². The summed E-state index contributed by atoms with van der Waals surface area (Å²) in [5.74, 6) is 0. The van der Waals surface area contributed by atoms with Crippen molar-refractivity contribution < 1.29 is 0 Å². The predicted octanol–water partition coefficient (Wildman–Crippen LogP) is 8.45. The minimum Gasteiger partial charge on any atom is -0.354 e. The summed E-state index contributed by atoms with van der Waals surface area (Å²) in [5, 5.41) is 5.91. The minimum atomic E-state index is -0.335. The summed E-state index contributed by atoms with van der Waals surface area (Å²) in [6.45, 7) is 6.56. The van der Waals surface area contributed by atoms with Crippen molar-refractivity contribution in [2.45, 2.75) is 26.2 Å². The van der Waals surface area contributed by atoms with E-state index in [9.17, 15) is 0 Å². The number of hydrogen-bond acceptors (Lipinski definition) is 3. The van der Waals surface area contributed by atoms with E-state index in [0.717, 1.165) is 0 Å². The molecule has 0 saturated heterocycles. The van der Waals surface area contributed by atoms with E-state index in [1.165, 1.54) is 55.6 Å². The van der Waals surface area contributed by atoms with Gasteiger partial charge in [-0.1, -0.05) is 60.2 Å². The number of nitrogens with one attached hydrogen (secondary N) is 1. The first-order valence-electron chi connectivity index (χ1n) is 11.4. The first-order chi connectivity index (χ1) is 16.2. The molecule has 2 nitrogen and oxygen atoms in total. The van der Waals surface area contributed by atoms with Crippen LogP contribution in [0.4, 0.5) is 22.7 Å². The van der Waals surface area contributed by atoms with Gasteiger partial charge in [0, 0.05) is 21.9 Å². The Morgan fingerprint density at radius 1 is 0.818 bits per heavy atom. The summed E-state index contributed by atoms with van der Waals surface area (Å²) in [4.78, 5) is 3.78. The fraction of sp³-hybridized carbons (Fsp3) is 0.133. The number of benzene rings is 3. The van der Waals surface area contributed by atoms with E-state index in [1.54, 1.807) is 0 Å². The van der Waals surface area contributed by atoms with Gasteiger partial charge in [-0.3, -0.25) is 0 Å². The van der Waals surface area contributed by atoms with Crippen molar-refractivity contribution >= 4 is 34.1 Å². The lowest BCUT2D eigenvalue weighted by atomic mass is 9.63. The Morgan fingerprint density at radius 2 is 1.55 bits per heavy atom. The van der Waals surface area contributed by atoms with Crippen molar-refractivity contribution in [2.24, 2.45) is 0 Å². The first-order valence-corrected chi connectivity index (χ1v) is 12.3. The molecule has 0 bridgehead atoms. The third kappa shape index (κ3) is 2.72. The fourth-order valence-electron chi connectivity index (χ4n) is 5.53. The zero-order chi connectivity index (χ0) is 22.6. The highest BCUT2D eigenvalue weighted by molar-refractivity contribution is 7.10. The second-order valence-electron chi connectivity index (χ2n) is 8.78. The highest BCUT2D eigenvalue weighted by Crippen LogP contribution is 2.61. The molecule has 1 spiro atoms. The van der Waals surface area contributed by atoms with Crippen LogP contribution in [0.3, 0.4) is 0 Å². The van der Waals surface area contributed by atoms with Crippen LogP contribution in [0, 0.1) is 6.92 Å². The van der Waals surface area contributed by atoms with Gasteiger partial charge >= 0.3 is 0 Å². The van der Waals surface area contributed by atoms with Gasteiger partial charge in [0.2, 0.25) is 0 Å². The second kappa shape index (κ2) is 7.50. The lowest BCUT2D eigenvalue weighted by Crippen LogP contribution is -2.40. The van der Waals surface area contributed by atoms with Crippen molar-refractivity contribution in [2.75, 3.05) is 10.2 Å². The summed E-state index contributed by atoms with van der Waals surface area (Å²) in [5.41, 5.74) is 11.0. The third-order valence-corrected chi connectivity index (χ3v) is 7.99. The molecule has 0 amide bonds. The maximum absolute atomic E-state index is 3.70. The largest absolute Gasteiger partial charge is 0.354 e. The quantitative estimate of drug-likeness (QED) is 0.332. The van der Waals surface area contributed by atoms with Crippen molar-refractivity contribution in [3.05, 3.63) is 129 Å². The molecule has 3 heterocycles. The molecule has 2 aliphatic rings. The monoisotopic (exact) mass is 446 g/mol. The SMILES string of the molecule is C/C=C\C1=C(C)C2(c3ccccc3Nc3ccsc32)c2ccccc2N1c1ccc(C)cc1. The summed E-state index contributed by atoms with van der Waals surface area (Å²) in [6.07, 6.45) is 4.43. The molecule has 1 unspecified atom stereocenters. The minimum absolute atomic E-state index is 0.335. The zero-order valence-electron chi connectivity index (χ0n) is 19.1. The van der Waals surface area contributed by atoms with E-state index in [0.29, 0.717) is 0 Å². The Kier molecular flexibility index (Phi) is 4.56. The molecule has 3 heteroatoms. The van der Waals surface area contributed by atoms with Gasteiger partial charge in [0.25, 0.3) is 0 Å². The van der Waals surface area contributed by atoms with Gasteiger partial charge in [-0.05, 0) is 79.3 Å². The van der Waals surface area contributed by atoms with Gasteiger partial charge in [-0.2, -0.15) is 0 Å². The molecule has 1 aromatic heterocycles. The normalized spacial score (nSPS) is 18.8. The van der Waals surface area contributed by atoms with Gasteiger partial charge in [0.1, 0.15) is 0 Å². The zero-order valence-corrected chi connectivity index (χ0v) is 19.9. The molecule has 0 fully saturated rings. The van der Waals surface area contributed by atoms with E-state index in [-0.39, 0.29) is 5.41 Å². The van der Waals surface area contributed by atoms with Crippen LogP contribution in [0.1, 0.15) is 35.4 Å². The van der Waals surface area contributed by atoms with Crippen LogP contribution in [0.2, 0.25) is 0 Å². The Hall–Kier alpha value is -3.56. The Balaban J connectivity index is 1.76. The Morgan fingerprint density at radius 3 is 2.33 bits per heavy atom. The molecule has 33 heavy (non-hydrogen) atoms. The maximum Gasteiger partial charge on any atom is 0.0836 e. The number of rotatable bonds is 2. The molecule has 162 valence electrons. The van der Waals surface area contributed by atoms with Gasteiger partial charge < -0.3 is 10.2 Å². The number of aryl methyl sites for hydroxylation is 1. The highest BCUT2D eigenvalue weighted by Gasteiger charge is 2.50. The number of nitrogens with zero attached hydrogens (tertiary/aromatic N) is 1. The van der Waals surface area contributed by atoms with Crippen molar-refractivity contribution in [3.63, 3.8) is 0 Å². The first kappa shape index (κ1) is 20.1. The number of para-hydroxylation sites is 2. The molecule has 1 atom stereocenters. The van der Waals surface area contributed by atoms with Crippen LogP contribution in [0.25, 0.3) is 0 Å².